The minimum Gasteiger partial charge on any atom is -0.380 e. The van der Waals surface area contributed by atoms with Gasteiger partial charge in [-0.25, -0.2) is 0 Å². The van der Waals surface area contributed by atoms with Gasteiger partial charge in [-0.05, 0) is 45.4 Å². The van der Waals surface area contributed by atoms with Crippen LogP contribution in [0.1, 0.15) is 26.3 Å². The Labute approximate surface area is 74.8 Å². The molecule has 65 valence electrons. The molecule has 0 atom stereocenters. The second kappa shape index (κ2) is 3.18. The summed E-state index contributed by atoms with van der Waals surface area (Å²) in [5.41, 5.74) is 2.33. The highest BCUT2D eigenvalue weighted by Gasteiger charge is 2.07. The van der Waals surface area contributed by atoms with Gasteiger partial charge in [0.05, 0.1) is 0 Å². The van der Waals surface area contributed by atoms with Crippen molar-refractivity contribution in [3.63, 3.8) is 0 Å². The van der Waals surface area contributed by atoms with E-state index in [0.717, 1.165) is 11.3 Å². The number of hydrogen-bond acceptors (Lipinski definition) is 1. The van der Waals surface area contributed by atoms with Crippen LogP contribution >= 0.6 is 0 Å². The summed E-state index contributed by atoms with van der Waals surface area (Å²) in [6.07, 6.45) is 0. The van der Waals surface area contributed by atoms with Gasteiger partial charge in [-0.15, -0.1) is 0 Å². The number of anilines is 1. The monoisotopic (exact) mass is 162 g/mol. The first-order valence-electron chi connectivity index (χ1n) is 4.17. The molecule has 0 heterocycles. The Morgan fingerprint density at radius 3 is 2.00 bits per heavy atom. The first-order chi connectivity index (χ1) is 5.47. The molecule has 1 radical (unpaired) electrons. The summed E-state index contributed by atoms with van der Waals surface area (Å²) >= 11 is 0. The predicted molar refractivity (Wildman–Crippen MR) is 54.3 cm³/mol. The largest absolute Gasteiger partial charge is 0.380 e. The van der Waals surface area contributed by atoms with Crippen molar-refractivity contribution in [2.45, 2.75) is 26.3 Å². The zero-order valence-electron chi connectivity index (χ0n) is 8.02. The smallest absolute Gasteiger partial charge is 0.0344 e. The fourth-order valence-corrected chi connectivity index (χ4v) is 1.02. The van der Waals surface area contributed by atoms with E-state index < -0.39 is 0 Å². The topological polar surface area (TPSA) is 12.0 Å². The normalized spacial score (nSPS) is 11.3. The number of hydrogen-bond donors (Lipinski definition) is 1. The van der Waals surface area contributed by atoms with E-state index in [1.165, 1.54) is 0 Å². The number of nitrogens with one attached hydrogen (secondary N) is 1. The molecule has 1 heteroatoms. The molecule has 1 nitrogen and oxygen atoms in total. The van der Waals surface area contributed by atoms with E-state index >= 15 is 0 Å². The molecule has 0 aromatic heterocycles. The molecule has 0 unspecified atom stereocenters. The van der Waals surface area contributed by atoms with Gasteiger partial charge in [0, 0.05) is 11.2 Å². The quantitative estimate of drug-likeness (QED) is 0.669. The molecule has 0 fully saturated rings. The molecule has 1 aromatic rings. The average molecular weight is 162 g/mol. The van der Waals surface area contributed by atoms with E-state index in [1.807, 2.05) is 24.3 Å². The summed E-state index contributed by atoms with van der Waals surface area (Å²) in [5.74, 6) is 0. The van der Waals surface area contributed by atoms with Crippen LogP contribution < -0.4 is 5.32 Å². The van der Waals surface area contributed by atoms with E-state index in [-0.39, 0.29) is 5.54 Å². The van der Waals surface area contributed by atoms with Gasteiger partial charge < -0.3 is 5.32 Å². The molecule has 0 saturated carbocycles. The lowest BCUT2D eigenvalue weighted by molar-refractivity contribution is 0.634. The highest BCUT2D eigenvalue weighted by Crippen LogP contribution is 2.14. The Bertz CT molecular complexity index is 241. The van der Waals surface area contributed by atoms with E-state index in [4.69, 9.17) is 0 Å². The Balaban J connectivity index is 2.71. The average Bonchev–Trinajstić information content (AvgIpc) is 1.91. The lowest BCUT2D eigenvalue weighted by atomic mass is 10.1. The molecule has 0 aliphatic carbocycles. The third-order valence-corrected chi connectivity index (χ3v) is 1.47. The zero-order chi connectivity index (χ0) is 9.19. The van der Waals surface area contributed by atoms with Crippen molar-refractivity contribution in [2.24, 2.45) is 0 Å². The first-order valence-corrected chi connectivity index (χ1v) is 4.17. The third-order valence-electron chi connectivity index (χ3n) is 1.47. The van der Waals surface area contributed by atoms with Crippen molar-refractivity contribution in [2.75, 3.05) is 5.32 Å². The fraction of sp³-hybridized carbons (Fsp3) is 0.364. The lowest BCUT2D eigenvalue weighted by Crippen LogP contribution is -2.25. The summed E-state index contributed by atoms with van der Waals surface area (Å²) in [6.45, 7) is 10.3. The van der Waals surface area contributed by atoms with Crippen LogP contribution in [0.5, 0.6) is 0 Å². The van der Waals surface area contributed by atoms with E-state index in [1.54, 1.807) is 0 Å². The van der Waals surface area contributed by atoms with Crippen molar-refractivity contribution < 1.29 is 0 Å². The maximum Gasteiger partial charge on any atom is 0.0344 e. The number of benzene rings is 1. The van der Waals surface area contributed by atoms with Crippen molar-refractivity contribution >= 4 is 5.69 Å². The van der Waals surface area contributed by atoms with Crippen LogP contribution in [0.3, 0.4) is 0 Å². The molecular formula is C11H16N. The van der Waals surface area contributed by atoms with E-state index in [2.05, 4.69) is 33.0 Å². The van der Waals surface area contributed by atoms with Gasteiger partial charge in [-0.3, -0.25) is 0 Å². The van der Waals surface area contributed by atoms with E-state index in [0.29, 0.717) is 0 Å². The van der Waals surface area contributed by atoms with Crippen LogP contribution in [-0.2, 0) is 0 Å². The van der Waals surface area contributed by atoms with Crippen molar-refractivity contribution in [3.8, 4) is 0 Å². The molecule has 0 bridgehead atoms. The second-order valence-corrected chi connectivity index (χ2v) is 4.07. The summed E-state index contributed by atoms with van der Waals surface area (Å²) < 4.78 is 0. The molecule has 12 heavy (non-hydrogen) atoms. The Kier molecular flexibility index (Phi) is 2.41. The van der Waals surface area contributed by atoms with Gasteiger partial charge in [0.2, 0.25) is 0 Å². The third kappa shape index (κ3) is 2.95. The molecule has 0 aliphatic heterocycles. The van der Waals surface area contributed by atoms with Gasteiger partial charge in [-0.1, -0.05) is 12.1 Å². The minimum atomic E-state index is 0.128. The molecular weight excluding hydrogens is 146 g/mol. The van der Waals surface area contributed by atoms with Crippen LogP contribution in [-0.4, -0.2) is 5.54 Å². The summed E-state index contributed by atoms with van der Waals surface area (Å²) in [5, 5.41) is 3.38. The standard InChI is InChI=1S/C11H16N/c1-9-5-7-10(8-6-9)12-11(2,3)4/h5-8,12H,1H2,2-4H3. The molecule has 0 amide bonds. The Morgan fingerprint density at radius 1 is 1.08 bits per heavy atom. The molecule has 0 spiro atoms. The predicted octanol–water partition coefficient (Wildman–Crippen LogP) is 3.08. The summed E-state index contributed by atoms with van der Waals surface area (Å²) in [6, 6.07) is 8.11. The molecule has 0 aliphatic rings. The van der Waals surface area contributed by atoms with Gasteiger partial charge in [-0.2, -0.15) is 0 Å². The highest BCUT2D eigenvalue weighted by atomic mass is 14.9. The summed E-state index contributed by atoms with van der Waals surface area (Å²) in [4.78, 5) is 0. The first kappa shape index (κ1) is 9.11. The zero-order valence-corrected chi connectivity index (χ0v) is 8.02. The molecule has 0 saturated heterocycles. The van der Waals surface area contributed by atoms with Gasteiger partial charge >= 0.3 is 0 Å². The second-order valence-electron chi connectivity index (χ2n) is 4.07. The molecule has 1 aromatic carbocycles. The van der Waals surface area contributed by atoms with Gasteiger partial charge in [0.15, 0.2) is 0 Å². The van der Waals surface area contributed by atoms with Crippen LogP contribution in [0.4, 0.5) is 5.69 Å². The molecule has 1 rings (SSSR count). The van der Waals surface area contributed by atoms with Crippen LogP contribution in [0.15, 0.2) is 24.3 Å². The van der Waals surface area contributed by atoms with E-state index in [9.17, 15) is 0 Å². The van der Waals surface area contributed by atoms with Gasteiger partial charge in [0.25, 0.3) is 0 Å². The Morgan fingerprint density at radius 2 is 1.58 bits per heavy atom. The van der Waals surface area contributed by atoms with Gasteiger partial charge in [0.1, 0.15) is 0 Å². The highest BCUT2D eigenvalue weighted by molar-refractivity contribution is 5.46. The Hall–Kier alpha value is -0.980. The maximum atomic E-state index is 3.83. The SMILES string of the molecule is [CH2]c1ccc(NC(C)(C)C)cc1. The maximum absolute atomic E-state index is 3.83. The van der Waals surface area contributed by atoms with Crippen LogP contribution in [0.2, 0.25) is 0 Å². The van der Waals surface area contributed by atoms with Crippen molar-refractivity contribution in [1.82, 2.24) is 0 Å². The summed E-state index contributed by atoms with van der Waals surface area (Å²) in [7, 11) is 0. The number of rotatable bonds is 1. The molecule has 1 N–H and O–H groups in total. The van der Waals surface area contributed by atoms with Crippen molar-refractivity contribution in [3.05, 3.63) is 36.8 Å². The van der Waals surface area contributed by atoms with Crippen molar-refractivity contribution in [1.29, 1.82) is 0 Å². The van der Waals surface area contributed by atoms with Crippen LogP contribution in [0, 0.1) is 6.92 Å². The lowest BCUT2D eigenvalue weighted by Gasteiger charge is -2.22. The minimum absolute atomic E-state index is 0.128. The fourth-order valence-electron chi connectivity index (χ4n) is 1.02. The van der Waals surface area contributed by atoms with Crippen LogP contribution in [0.25, 0.3) is 0 Å².